The third-order valence-corrected chi connectivity index (χ3v) is 6.47. The van der Waals surface area contributed by atoms with Crippen molar-refractivity contribution in [2.75, 3.05) is 49.1 Å². The van der Waals surface area contributed by atoms with Gasteiger partial charge < -0.3 is 9.80 Å². The van der Waals surface area contributed by atoms with Crippen LogP contribution in [0.4, 0.5) is 37.7 Å². The second-order valence-corrected chi connectivity index (χ2v) is 9.81. The molecule has 234 valence electrons. The zero-order chi connectivity index (χ0) is 32.3. The van der Waals surface area contributed by atoms with E-state index in [9.17, 15) is 35.9 Å². The standard InChI is InChI=1S/C32H32F6N4O2/c1-3-41(4-2)27-12-8-25(9-13-27)29(43)19-39-17-23-6-5-7-24(16-23)18-40-20-30(44)26-10-14-28(15-11-26)42(21-31(33,34)35)22-32(36,37)38/h5-18H,3-4,19-22H2,1-2H3. The molecule has 0 unspecified atom stereocenters. The summed E-state index contributed by atoms with van der Waals surface area (Å²) in [5, 5.41) is 0. The number of Topliss-reactive ketones (excluding diaryl/α,β-unsaturated/α-hetero) is 2. The number of alkyl halides is 6. The monoisotopic (exact) mass is 618 g/mol. The number of nitrogens with zero attached hydrogens (tertiary/aromatic N) is 4. The minimum absolute atomic E-state index is 0.0274. The average Bonchev–Trinajstić information content (AvgIpc) is 2.96. The van der Waals surface area contributed by atoms with Crippen LogP contribution in [0, 0.1) is 0 Å². The Morgan fingerprint density at radius 1 is 0.636 bits per heavy atom. The van der Waals surface area contributed by atoms with Crippen molar-refractivity contribution in [2.45, 2.75) is 26.2 Å². The maximum atomic E-state index is 12.8. The van der Waals surface area contributed by atoms with Gasteiger partial charge in [-0.15, -0.1) is 0 Å². The summed E-state index contributed by atoms with van der Waals surface area (Å²) < 4.78 is 76.7. The van der Waals surface area contributed by atoms with Crippen molar-refractivity contribution in [2.24, 2.45) is 9.98 Å². The van der Waals surface area contributed by atoms with Crippen LogP contribution in [0.25, 0.3) is 0 Å². The fourth-order valence-corrected chi connectivity index (χ4v) is 4.35. The smallest absolute Gasteiger partial charge is 0.372 e. The van der Waals surface area contributed by atoms with E-state index in [4.69, 9.17) is 0 Å². The van der Waals surface area contributed by atoms with Gasteiger partial charge in [-0.1, -0.05) is 18.2 Å². The molecule has 0 radical (unpaired) electrons. The van der Waals surface area contributed by atoms with Gasteiger partial charge in [-0.3, -0.25) is 19.6 Å². The molecular weight excluding hydrogens is 586 g/mol. The van der Waals surface area contributed by atoms with Crippen molar-refractivity contribution >= 4 is 35.4 Å². The number of rotatable bonds is 14. The fourth-order valence-electron chi connectivity index (χ4n) is 4.35. The predicted molar refractivity (Wildman–Crippen MR) is 161 cm³/mol. The van der Waals surface area contributed by atoms with E-state index in [1.54, 1.807) is 42.6 Å². The summed E-state index contributed by atoms with van der Waals surface area (Å²) in [5.41, 5.74) is 2.77. The summed E-state index contributed by atoms with van der Waals surface area (Å²) in [6.45, 7) is 1.99. The van der Waals surface area contributed by atoms with Crippen LogP contribution in [0.1, 0.15) is 45.7 Å². The number of hydrogen-bond donors (Lipinski definition) is 0. The van der Waals surface area contributed by atoms with E-state index in [0.29, 0.717) is 16.7 Å². The minimum atomic E-state index is -4.84. The van der Waals surface area contributed by atoms with E-state index < -0.39 is 31.2 Å². The van der Waals surface area contributed by atoms with E-state index in [1.165, 1.54) is 18.3 Å². The minimum Gasteiger partial charge on any atom is -0.372 e. The van der Waals surface area contributed by atoms with Crippen LogP contribution in [-0.4, -0.2) is 75.6 Å². The van der Waals surface area contributed by atoms with Crippen molar-refractivity contribution in [3.8, 4) is 0 Å². The normalized spacial score (nSPS) is 12.2. The molecule has 3 rings (SSSR count). The van der Waals surface area contributed by atoms with Gasteiger partial charge in [0.15, 0.2) is 11.6 Å². The van der Waals surface area contributed by atoms with Crippen molar-refractivity contribution in [3.63, 3.8) is 0 Å². The van der Waals surface area contributed by atoms with E-state index in [0.717, 1.165) is 30.9 Å². The molecule has 0 atom stereocenters. The van der Waals surface area contributed by atoms with Crippen LogP contribution in [0.3, 0.4) is 0 Å². The molecule has 12 heteroatoms. The van der Waals surface area contributed by atoms with Gasteiger partial charge in [0, 0.05) is 48.0 Å². The SMILES string of the molecule is CCN(CC)c1ccc(C(=O)CN=Cc2cccc(C=NCC(=O)c3ccc(N(CC(F)(F)F)CC(F)(F)F)cc3)c2)cc1. The Labute approximate surface area is 251 Å². The molecule has 0 heterocycles. The third-order valence-electron chi connectivity index (χ3n) is 6.47. The Morgan fingerprint density at radius 3 is 1.39 bits per heavy atom. The first-order valence-electron chi connectivity index (χ1n) is 13.8. The quantitative estimate of drug-likeness (QED) is 0.110. The summed E-state index contributed by atoms with van der Waals surface area (Å²) in [4.78, 5) is 35.7. The molecule has 0 aliphatic heterocycles. The van der Waals surface area contributed by atoms with E-state index in [1.807, 2.05) is 12.1 Å². The second kappa shape index (κ2) is 15.3. The largest absolute Gasteiger partial charge is 0.405 e. The van der Waals surface area contributed by atoms with E-state index >= 15 is 0 Å². The van der Waals surface area contributed by atoms with Gasteiger partial charge >= 0.3 is 12.4 Å². The Morgan fingerprint density at radius 2 is 1.02 bits per heavy atom. The molecule has 44 heavy (non-hydrogen) atoms. The third kappa shape index (κ3) is 11.0. The lowest BCUT2D eigenvalue weighted by Crippen LogP contribution is -2.40. The molecule has 0 bridgehead atoms. The predicted octanol–water partition coefficient (Wildman–Crippen LogP) is 7.07. The van der Waals surface area contributed by atoms with Gasteiger partial charge in [0.25, 0.3) is 0 Å². The van der Waals surface area contributed by atoms with Gasteiger partial charge in [0.2, 0.25) is 0 Å². The summed E-state index contributed by atoms with van der Waals surface area (Å²) in [5.74, 6) is -0.586. The van der Waals surface area contributed by atoms with Crippen LogP contribution in [0.5, 0.6) is 0 Å². The van der Waals surface area contributed by atoms with Crippen LogP contribution >= 0.6 is 0 Å². The van der Waals surface area contributed by atoms with Crippen molar-refractivity contribution in [1.82, 2.24) is 0 Å². The number of halogens is 6. The molecule has 0 fully saturated rings. The average molecular weight is 619 g/mol. The van der Waals surface area contributed by atoms with E-state index in [-0.39, 0.29) is 35.0 Å². The first-order valence-corrected chi connectivity index (χ1v) is 13.8. The van der Waals surface area contributed by atoms with Crippen LogP contribution in [0.2, 0.25) is 0 Å². The molecule has 0 aliphatic carbocycles. The maximum absolute atomic E-state index is 12.8. The molecule has 6 nitrogen and oxygen atoms in total. The lowest BCUT2D eigenvalue weighted by Gasteiger charge is -2.27. The lowest BCUT2D eigenvalue weighted by molar-refractivity contribution is -0.137. The molecule has 0 spiro atoms. The molecule has 3 aromatic carbocycles. The van der Waals surface area contributed by atoms with Crippen molar-refractivity contribution < 1.29 is 35.9 Å². The van der Waals surface area contributed by atoms with Gasteiger partial charge in [0.05, 0.1) is 0 Å². The lowest BCUT2D eigenvalue weighted by atomic mass is 10.1. The maximum Gasteiger partial charge on any atom is 0.405 e. The highest BCUT2D eigenvalue weighted by atomic mass is 19.4. The first-order chi connectivity index (χ1) is 20.8. The van der Waals surface area contributed by atoms with Gasteiger partial charge in [-0.25, -0.2) is 0 Å². The number of ketones is 2. The Bertz CT molecular complexity index is 1430. The highest BCUT2D eigenvalue weighted by molar-refractivity contribution is 6.00. The first kappa shape index (κ1) is 34.0. The van der Waals surface area contributed by atoms with Gasteiger partial charge in [0.1, 0.15) is 26.2 Å². The van der Waals surface area contributed by atoms with Gasteiger partial charge in [-0.2, -0.15) is 26.3 Å². The highest BCUT2D eigenvalue weighted by Crippen LogP contribution is 2.27. The zero-order valence-electron chi connectivity index (χ0n) is 24.2. The molecule has 0 aromatic heterocycles. The molecular formula is C32H32F6N4O2. The van der Waals surface area contributed by atoms with E-state index in [2.05, 4.69) is 28.7 Å². The number of aliphatic imine (C=N–C) groups is 2. The van der Waals surface area contributed by atoms with Crippen LogP contribution in [-0.2, 0) is 0 Å². The van der Waals surface area contributed by atoms with Crippen LogP contribution in [0.15, 0.2) is 82.8 Å². The fraction of sp³-hybridized carbons (Fsp3) is 0.312. The molecule has 0 saturated heterocycles. The highest BCUT2D eigenvalue weighted by Gasteiger charge is 2.37. The van der Waals surface area contributed by atoms with Gasteiger partial charge in [-0.05, 0) is 79.6 Å². The number of carbonyl (C=O) groups excluding carboxylic acids is 2. The summed E-state index contributed by atoms with van der Waals surface area (Å²) in [6.07, 6.45) is -6.66. The topological polar surface area (TPSA) is 65.3 Å². The van der Waals surface area contributed by atoms with Crippen LogP contribution < -0.4 is 9.80 Å². The second-order valence-electron chi connectivity index (χ2n) is 9.81. The molecule has 0 amide bonds. The molecule has 0 aliphatic rings. The number of benzene rings is 3. The Hall–Kier alpha value is -4.48. The number of anilines is 2. The Balaban J connectivity index is 1.56. The zero-order valence-corrected chi connectivity index (χ0v) is 24.2. The summed E-state index contributed by atoms with van der Waals surface area (Å²) >= 11 is 0. The molecule has 0 N–H and O–H groups in total. The molecule has 0 saturated carbocycles. The van der Waals surface area contributed by atoms with Crippen molar-refractivity contribution in [1.29, 1.82) is 0 Å². The van der Waals surface area contributed by atoms with Crippen molar-refractivity contribution in [3.05, 3.63) is 95.1 Å². The number of hydrogen-bond acceptors (Lipinski definition) is 6. The summed E-state index contributed by atoms with van der Waals surface area (Å²) in [7, 11) is 0. The number of carbonyl (C=O) groups is 2. The molecule has 3 aromatic rings. The summed E-state index contributed by atoms with van der Waals surface area (Å²) in [6, 6.07) is 18.9. The Kier molecular flexibility index (Phi) is 11.8.